The van der Waals surface area contributed by atoms with Crippen LogP contribution in [0.25, 0.3) is 0 Å². The first-order valence-corrected chi connectivity index (χ1v) is 7.59. The summed E-state index contributed by atoms with van der Waals surface area (Å²) in [6.07, 6.45) is 2.82. The number of fused-ring (bicyclic) bond motifs is 1. The number of carbonyl (C=O) groups excluding carboxylic acids is 2. The summed E-state index contributed by atoms with van der Waals surface area (Å²) in [5.74, 6) is 0.125. The smallest absolute Gasteiger partial charge is 0.258 e. The van der Waals surface area contributed by atoms with Gasteiger partial charge in [-0.25, -0.2) is 0 Å². The van der Waals surface area contributed by atoms with Gasteiger partial charge in [0.25, 0.3) is 11.8 Å². The monoisotopic (exact) mass is 303 g/mol. The van der Waals surface area contributed by atoms with Gasteiger partial charge in [-0.3, -0.25) is 9.59 Å². The van der Waals surface area contributed by atoms with Crippen molar-refractivity contribution < 1.29 is 19.1 Å². The van der Waals surface area contributed by atoms with Crippen LogP contribution in [0.2, 0.25) is 0 Å². The second kappa shape index (κ2) is 6.25. The van der Waals surface area contributed by atoms with Crippen molar-refractivity contribution in [3.8, 4) is 11.5 Å². The highest BCUT2D eigenvalue weighted by molar-refractivity contribution is 5.98. The largest absolute Gasteiger partial charge is 0.489 e. The van der Waals surface area contributed by atoms with Crippen LogP contribution in [-0.2, 0) is 4.79 Å². The van der Waals surface area contributed by atoms with Crippen LogP contribution in [0.5, 0.6) is 11.5 Å². The molecule has 1 aromatic rings. The van der Waals surface area contributed by atoms with Gasteiger partial charge in [-0.1, -0.05) is 0 Å². The third-order valence-electron chi connectivity index (χ3n) is 4.00. The Kier molecular flexibility index (Phi) is 4.18. The molecule has 0 aromatic heterocycles. The van der Waals surface area contributed by atoms with Crippen molar-refractivity contribution in [2.24, 2.45) is 5.73 Å². The Morgan fingerprint density at radius 3 is 2.73 bits per heavy atom. The maximum Gasteiger partial charge on any atom is 0.258 e. The van der Waals surface area contributed by atoms with Crippen LogP contribution in [-0.4, -0.2) is 42.5 Å². The minimum atomic E-state index is -0.741. The Bertz CT molecular complexity index is 582. The van der Waals surface area contributed by atoms with Gasteiger partial charge in [-0.15, -0.1) is 0 Å². The van der Waals surface area contributed by atoms with E-state index in [1.807, 2.05) is 4.90 Å². The number of hydrogen-bond acceptors (Lipinski definition) is 4. The molecule has 1 aromatic carbocycles. The molecule has 117 valence electrons. The van der Waals surface area contributed by atoms with Crippen molar-refractivity contribution in [3.05, 3.63) is 23.8 Å². The Hall–Kier alpha value is -2.24. The lowest BCUT2D eigenvalue weighted by Gasteiger charge is -2.27. The maximum atomic E-state index is 12.7. The Morgan fingerprint density at radius 2 is 2.00 bits per heavy atom. The van der Waals surface area contributed by atoms with Crippen LogP contribution in [0.4, 0.5) is 0 Å². The van der Waals surface area contributed by atoms with E-state index in [0.717, 1.165) is 32.4 Å². The van der Waals surface area contributed by atoms with Crippen molar-refractivity contribution in [3.63, 3.8) is 0 Å². The minimum Gasteiger partial charge on any atom is -0.489 e. The number of carbonyl (C=O) groups is 2. The molecule has 1 radical (unpaired) electrons. The van der Waals surface area contributed by atoms with E-state index in [-0.39, 0.29) is 12.5 Å². The van der Waals surface area contributed by atoms with Crippen molar-refractivity contribution in [1.29, 1.82) is 0 Å². The van der Waals surface area contributed by atoms with Crippen molar-refractivity contribution in [2.45, 2.75) is 31.8 Å². The second-order valence-corrected chi connectivity index (χ2v) is 5.56. The molecule has 1 saturated heterocycles. The molecule has 1 unspecified atom stereocenters. The van der Waals surface area contributed by atoms with E-state index in [1.165, 1.54) is 0 Å². The number of nitrogens with two attached hydrogens (primary N) is 1. The lowest BCUT2D eigenvalue weighted by atomic mass is 10.1. The molecule has 0 spiro atoms. The predicted molar refractivity (Wildman–Crippen MR) is 78.8 cm³/mol. The number of ether oxygens (including phenoxy) is 2. The van der Waals surface area contributed by atoms with Crippen LogP contribution >= 0.6 is 0 Å². The van der Waals surface area contributed by atoms with Crippen LogP contribution in [0.15, 0.2) is 12.1 Å². The van der Waals surface area contributed by atoms with Gasteiger partial charge in [-0.2, -0.15) is 0 Å². The molecule has 0 bridgehead atoms. The summed E-state index contributed by atoms with van der Waals surface area (Å²) in [6, 6.07) is 6.08. The summed E-state index contributed by atoms with van der Waals surface area (Å²) in [5, 5.41) is 0. The van der Waals surface area contributed by atoms with Gasteiger partial charge in [0.15, 0.2) is 17.6 Å². The zero-order chi connectivity index (χ0) is 15.5. The predicted octanol–water partition coefficient (Wildman–Crippen LogP) is 1.13. The van der Waals surface area contributed by atoms with Crippen LogP contribution in [0, 0.1) is 6.07 Å². The zero-order valence-electron chi connectivity index (χ0n) is 12.3. The van der Waals surface area contributed by atoms with Crippen LogP contribution in [0.3, 0.4) is 0 Å². The average Bonchev–Trinajstić information content (AvgIpc) is 2.77. The molecular weight excluding hydrogens is 284 g/mol. The highest BCUT2D eigenvalue weighted by Crippen LogP contribution is 2.35. The third kappa shape index (κ3) is 2.86. The van der Waals surface area contributed by atoms with E-state index in [0.29, 0.717) is 23.5 Å². The fourth-order valence-electron chi connectivity index (χ4n) is 2.81. The molecule has 2 aliphatic rings. The molecule has 1 atom stereocenters. The molecule has 0 aliphatic carbocycles. The van der Waals surface area contributed by atoms with E-state index in [2.05, 4.69) is 6.07 Å². The number of primary amides is 1. The number of rotatable bonds is 2. The number of piperidine rings is 1. The number of hydrogen-bond donors (Lipinski definition) is 1. The van der Waals surface area contributed by atoms with Gasteiger partial charge in [0.1, 0.15) is 0 Å². The Labute approximate surface area is 129 Å². The van der Waals surface area contributed by atoms with Gasteiger partial charge < -0.3 is 20.1 Å². The van der Waals surface area contributed by atoms with Crippen LogP contribution < -0.4 is 15.2 Å². The molecule has 3 rings (SSSR count). The average molecular weight is 303 g/mol. The fraction of sp³-hybridized carbons (Fsp3) is 0.500. The Morgan fingerprint density at radius 1 is 1.23 bits per heavy atom. The molecule has 6 nitrogen and oxygen atoms in total. The summed E-state index contributed by atoms with van der Waals surface area (Å²) in [6.45, 7) is 1.80. The van der Waals surface area contributed by atoms with Gasteiger partial charge in [-0.05, 0) is 37.5 Å². The van der Waals surface area contributed by atoms with E-state index in [1.54, 1.807) is 12.1 Å². The number of amides is 2. The van der Waals surface area contributed by atoms with E-state index in [4.69, 9.17) is 15.2 Å². The zero-order valence-corrected chi connectivity index (χ0v) is 12.3. The first kappa shape index (κ1) is 14.7. The van der Waals surface area contributed by atoms with Crippen molar-refractivity contribution >= 4 is 11.8 Å². The summed E-state index contributed by atoms with van der Waals surface area (Å²) >= 11 is 0. The minimum absolute atomic E-state index is 0.0751. The van der Waals surface area contributed by atoms with E-state index < -0.39 is 12.0 Å². The molecule has 0 saturated carbocycles. The molecule has 22 heavy (non-hydrogen) atoms. The summed E-state index contributed by atoms with van der Waals surface area (Å²) in [4.78, 5) is 25.8. The quantitative estimate of drug-likeness (QED) is 0.888. The van der Waals surface area contributed by atoms with Gasteiger partial charge in [0.05, 0.1) is 12.2 Å². The van der Waals surface area contributed by atoms with Gasteiger partial charge in [0.2, 0.25) is 0 Å². The first-order valence-electron chi connectivity index (χ1n) is 7.59. The number of nitrogens with zero attached hydrogens (tertiary/aromatic N) is 1. The van der Waals surface area contributed by atoms with Crippen molar-refractivity contribution in [1.82, 2.24) is 4.90 Å². The molecule has 2 amide bonds. The molecule has 1 fully saturated rings. The normalized spacial score (nSPS) is 21.1. The molecular formula is C16H19N2O4. The molecule has 2 N–H and O–H groups in total. The highest BCUT2D eigenvalue weighted by atomic mass is 16.5. The molecule has 6 heteroatoms. The Balaban J connectivity index is 1.89. The second-order valence-electron chi connectivity index (χ2n) is 5.56. The number of benzene rings is 1. The fourth-order valence-corrected chi connectivity index (χ4v) is 2.81. The van der Waals surface area contributed by atoms with E-state index in [9.17, 15) is 9.59 Å². The van der Waals surface area contributed by atoms with Crippen LogP contribution in [0.1, 0.15) is 36.0 Å². The number of likely N-dealkylation sites (tertiary alicyclic amines) is 1. The first-order chi connectivity index (χ1) is 10.7. The summed E-state index contributed by atoms with van der Waals surface area (Å²) in [7, 11) is 0. The topological polar surface area (TPSA) is 81.9 Å². The summed E-state index contributed by atoms with van der Waals surface area (Å²) in [5.41, 5.74) is 5.74. The maximum absolute atomic E-state index is 12.7. The van der Waals surface area contributed by atoms with Crippen molar-refractivity contribution in [2.75, 3.05) is 19.7 Å². The van der Waals surface area contributed by atoms with Gasteiger partial charge >= 0.3 is 0 Å². The lowest BCUT2D eigenvalue weighted by Crippen LogP contribution is -2.35. The lowest BCUT2D eigenvalue weighted by molar-refractivity contribution is -0.124. The SMILES string of the molecule is NC(=O)C1CCOc2c(c[c]cc2C(=O)N2CCCCC2)O1. The highest BCUT2D eigenvalue weighted by Gasteiger charge is 2.28. The molecule has 2 aliphatic heterocycles. The summed E-state index contributed by atoms with van der Waals surface area (Å²) < 4.78 is 11.3. The van der Waals surface area contributed by atoms with Gasteiger partial charge in [0, 0.05) is 19.5 Å². The third-order valence-corrected chi connectivity index (χ3v) is 4.00. The molecule has 2 heterocycles. The standard InChI is InChI=1S/C16H19N2O4/c17-15(19)13-7-10-21-14-11(5-4-6-12(14)22-13)16(20)18-8-2-1-3-9-18/h5-6,13H,1-3,7-10H2,(H2,17,19). The van der Waals surface area contributed by atoms with E-state index >= 15 is 0 Å².